The van der Waals surface area contributed by atoms with Crippen LogP contribution in [-0.2, 0) is 28.5 Å². The Morgan fingerprint density at radius 3 is 2.19 bits per heavy atom. The van der Waals surface area contributed by atoms with E-state index in [9.17, 15) is 26.4 Å². The molecule has 0 saturated carbocycles. The van der Waals surface area contributed by atoms with Crippen molar-refractivity contribution < 1.29 is 26.4 Å². The molecule has 0 aliphatic rings. The molecule has 1 heterocycles. The fraction of sp³-hybridized carbons (Fsp3) is 0.294. The third-order valence-corrected chi connectivity index (χ3v) is 5.10. The number of nitrogens with one attached hydrogen (secondary N) is 2. The van der Waals surface area contributed by atoms with E-state index in [0.717, 1.165) is 12.1 Å². The number of hydrogen-bond acceptors (Lipinski definition) is 4. The zero-order chi connectivity index (χ0) is 20.2. The maximum absolute atomic E-state index is 12.6. The second kappa shape index (κ2) is 8.05. The molecule has 1 amide bonds. The van der Waals surface area contributed by atoms with Crippen molar-refractivity contribution in [3.63, 3.8) is 0 Å². The van der Waals surface area contributed by atoms with E-state index in [1.54, 1.807) is 24.3 Å². The summed E-state index contributed by atoms with van der Waals surface area (Å²) >= 11 is 0. The number of aromatic nitrogens is 1. The van der Waals surface area contributed by atoms with E-state index < -0.39 is 27.8 Å². The number of carbonyl (C=O) groups is 1. The molecular weight excluding hydrogens is 383 g/mol. The van der Waals surface area contributed by atoms with Gasteiger partial charge in [-0.15, -0.1) is 0 Å². The number of rotatable bonds is 6. The SMILES string of the molecule is CNS(=O)(=O)Cc1ccc(CNC(=O)c2ccc(C(F)(F)F)nc2C)cc1. The van der Waals surface area contributed by atoms with Crippen molar-refractivity contribution in [2.24, 2.45) is 0 Å². The van der Waals surface area contributed by atoms with Crippen molar-refractivity contribution in [3.8, 4) is 0 Å². The van der Waals surface area contributed by atoms with E-state index in [1.165, 1.54) is 14.0 Å². The highest BCUT2D eigenvalue weighted by Gasteiger charge is 2.33. The smallest absolute Gasteiger partial charge is 0.348 e. The van der Waals surface area contributed by atoms with Gasteiger partial charge in [0, 0.05) is 6.54 Å². The maximum atomic E-state index is 12.6. The third kappa shape index (κ3) is 5.76. The molecule has 27 heavy (non-hydrogen) atoms. The predicted molar refractivity (Wildman–Crippen MR) is 93.3 cm³/mol. The van der Waals surface area contributed by atoms with Crippen LogP contribution < -0.4 is 10.0 Å². The number of pyridine rings is 1. The molecule has 0 aliphatic carbocycles. The first-order valence-corrected chi connectivity index (χ1v) is 9.49. The Morgan fingerprint density at radius 2 is 1.67 bits per heavy atom. The molecule has 146 valence electrons. The lowest BCUT2D eigenvalue weighted by Gasteiger charge is -2.11. The molecule has 6 nitrogen and oxygen atoms in total. The van der Waals surface area contributed by atoms with Gasteiger partial charge in [0.1, 0.15) is 5.69 Å². The first-order valence-electron chi connectivity index (χ1n) is 7.84. The van der Waals surface area contributed by atoms with Gasteiger partial charge in [-0.05, 0) is 37.2 Å². The van der Waals surface area contributed by atoms with Crippen LogP contribution in [0.15, 0.2) is 36.4 Å². The molecule has 1 aromatic heterocycles. The Balaban J connectivity index is 2.01. The van der Waals surface area contributed by atoms with E-state index >= 15 is 0 Å². The Hall–Kier alpha value is -2.46. The largest absolute Gasteiger partial charge is 0.433 e. The Labute approximate surface area is 154 Å². The number of sulfonamides is 1. The highest BCUT2D eigenvalue weighted by atomic mass is 32.2. The average molecular weight is 401 g/mol. The quantitative estimate of drug-likeness (QED) is 0.778. The minimum atomic E-state index is -4.57. The molecule has 0 fully saturated rings. The molecule has 10 heteroatoms. The lowest BCUT2D eigenvalue weighted by molar-refractivity contribution is -0.141. The Morgan fingerprint density at radius 1 is 1.07 bits per heavy atom. The van der Waals surface area contributed by atoms with Gasteiger partial charge in [0.05, 0.1) is 17.0 Å². The number of aryl methyl sites for hydroxylation is 1. The number of amides is 1. The van der Waals surface area contributed by atoms with Gasteiger partial charge < -0.3 is 5.32 Å². The van der Waals surface area contributed by atoms with Gasteiger partial charge in [0.15, 0.2) is 0 Å². The molecule has 0 atom stereocenters. The molecule has 2 aromatic rings. The van der Waals surface area contributed by atoms with Crippen molar-refractivity contribution in [1.29, 1.82) is 0 Å². The molecule has 0 unspecified atom stereocenters. The molecule has 2 N–H and O–H groups in total. The summed E-state index contributed by atoms with van der Waals surface area (Å²) < 4.78 is 63.1. The topological polar surface area (TPSA) is 88.2 Å². The average Bonchev–Trinajstić information content (AvgIpc) is 2.59. The first kappa shape index (κ1) is 20.8. The second-order valence-electron chi connectivity index (χ2n) is 5.79. The van der Waals surface area contributed by atoms with Crippen LogP contribution in [0.2, 0.25) is 0 Å². The van der Waals surface area contributed by atoms with Gasteiger partial charge >= 0.3 is 6.18 Å². The number of halogens is 3. The van der Waals surface area contributed by atoms with Crippen LogP contribution in [-0.4, -0.2) is 26.4 Å². The van der Waals surface area contributed by atoms with Crippen LogP contribution in [0.5, 0.6) is 0 Å². The number of nitrogens with zero attached hydrogens (tertiary/aromatic N) is 1. The lowest BCUT2D eigenvalue weighted by Crippen LogP contribution is -2.24. The van der Waals surface area contributed by atoms with Crippen molar-refractivity contribution in [2.45, 2.75) is 25.4 Å². The van der Waals surface area contributed by atoms with Crippen molar-refractivity contribution in [3.05, 3.63) is 64.5 Å². The van der Waals surface area contributed by atoms with E-state index in [-0.39, 0.29) is 23.6 Å². The molecule has 0 saturated heterocycles. The molecular formula is C17H18F3N3O3S. The van der Waals surface area contributed by atoms with E-state index in [2.05, 4.69) is 15.0 Å². The lowest BCUT2D eigenvalue weighted by atomic mass is 10.1. The van der Waals surface area contributed by atoms with Gasteiger partial charge in [0.2, 0.25) is 10.0 Å². The fourth-order valence-electron chi connectivity index (χ4n) is 2.28. The number of benzene rings is 1. The zero-order valence-electron chi connectivity index (χ0n) is 14.6. The van der Waals surface area contributed by atoms with Crippen LogP contribution in [0.25, 0.3) is 0 Å². The molecule has 0 aliphatic heterocycles. The molecule has 0 bridgehead atoms. The summed E-state index contributed by atoms with van der Waals surface area (Å²) in [6, 6.07) is 8.44. The monoisotopic (exact) mass is 401 g/mol. The number of carbonyl (C=O) groups excluding carboxylic acids is 1. The normalized spacial score (nSPS) is 12.0. The van der Waals surface area contributed by atoms with Crippen molar-refractivity contribution >= 4 is 15.9 Å². The van der Waals surface area contributed by atoms with Crippen molar-refractivity contribution in [1.82, 2.24) is 15.0 Å². The standard InChI is InChI=1S/C17H18F3N3O3S/c1-11-14(7-8-15(23-11)17(18,19)20)16(24)22-9-12-3-5-13(6-4-12)10-27(25,26)21-2/h3-8,21H,9-10H2,1-2H3,(H,22,24). The van der Waals surface area contributed by atoms with Gasteiger partial charge in [-0.1, -0.05) is 24.3 Å². The van der Waals surface area contributed by atoms with E-state index in [4.69, 9.17) is 0 Å². The third-order valence-electron chi connectivity index (χ3n) is 3.76. The summed E-state index contributed by atoms with van der Waals surface area (Å²) in [5, 5.41) is 2.60. The van der Waals surface area contributed by atoms with Crippen LogP contribution in [0.3, 0.4) is 0 Å². The Kier molecular flexibility index (Phi) is 6.22. The summed E-state index contributed by atoms with van der Waals surface area (Å²) in [6.45, 7) is 1.47. The van der Waals surface area contributed by atoms with Crippen LogP contribution in [0.1, 0.15) is 32.9 Å². The van der Waals surface area contributed by atoms with Crippen LogP contribution in [0.4, 0.5) is 13.2 Å². The summed E-state index contributed by atoms with van der Waals surface area (Å²) in [7, 11) is -2.04. The van der Waals surface area contributed by atoms with Gasteiger partial charge in [-0.25, -0.2) is 18.1 Å². The second-order valence-corrected chi connectivity index (χ2v) is 7.72. The predicted octanol–water partition coefficient (Wildman–Crippen LogP) is 2.39. The van der Waals surface area contributed by atoms with Crippen LogP contribution >= 0.6 is 0 Å². The van der Waals surface area contributed by atoms with Crippen molar-refractivity contribution in [2.75, 3.05) is 7.05 Å². The minimum Gasteiger partial charge on any atom is -0.348 e. The van der Waals surface area contributed by atoms with E-state index in [0.29, 0.717) is 11.1 Å². The molecule has 2 rings (SSSR count). The number of hydrogen-bond donors (Lipinski definition) is 2. The zero-order valence-corrected chi connectivity index (χ0v) is 15.4. The van der Waals surface area contributed by atoms with Crippen LogP contribution in [0, 0.1) is 6.92 Å². The first-order chi connectivity index (χ1) is 12.5. The highest BCUT2D eigenvalue weighted by Crippen LogP contribution is 2.28. The summed E-state index contributed by atoms with van der Waals surface area (Å²) in [5.74, 6) is -0.706. The number of alkyl halides is 3. The van der Waals surface area contributed by atoms with Gasteiger partial charge in [-0.3, -0.25) is 4.79 Å². The summed E-state index contributed by atoms with van der Waals surface area (Å²) in [6.07, 6.45) is -4.57. The fourth-order valence-corrected chi connectivity index (χ4v) is 3.06. The van der Waals surface area contributed by atoms with Gasteiger partial charge in [0.25, 0.3) is 5.91 Å². The molecule has 0 spiro atoms. The highest BCUT2D eigenvalue weighted by molar-refractivity contribution is 7.88. The molecule has 1 aromatic carbocycles. The summed E-state index contributed by atoms with van der Waals surface area (Å²) in [4.78, 5) is 15.6. The van der Waals surface area contributed by atoms with E-state index in [1.807, 2.05) is 0 Å². The minimum absolute atomic E-state index is 0.0186. The van der Waals surface area contributed by atoms with Gasteiger partial charge in [-0.2, -0.15) is 13.2 Å². The maximum Gasteiger partial charge on any atom is 0.433 e. The Bertz CT molecular complexity index is 927. The molecule has 0 radical (unpaired) electrons. The summed E-state index contributed by atoms with van der Waals surface area (Å²) in [5.41, 5.74) is 0.284.